The fourth-order valence-corrected chi connectivity index (χ4v) is 5.98. The van der Waals surface area contributed by atoms with E-state index in [0.29, 0.717) is 32.3 Å². The first-order chi connectivity index (χ1) is 16.8. The van der Waals surface area contributed by atoms with E-state index in [-0.39, 0.29) is 23.8 Å². The van der Waals surface area contributed by atoms with Crippen LogP contribution in [0.2, 0.25) is 10.0 Å². The summed E-state index contributed by atoms with van der Waals surface area (Å²) in [4.78, 5) is 28.6. The van der Waals surface area contributed by atoms with Gasteiger partial charge in [0.15, 0.2) is 6.54 Å². The highest BCUT2D eigenvalue weighted by Crippen LogP contribution is 2.47. The molecule has 2 heterocycles. The van der Waals surface area contributed by atoms with Gasteiger partial charge in [-0.25, -0.2) is 0 Å². The monoisotopic (exact) mass is 508 g/mol. The van der Waals surface area contributed by atoms with E-state index >= 15 is 0 Å². The van der Waals surface area contributed by atoms with Crippen molar-refractivity contribution in [1.29, 1.82) is 0 Å². The number of anilines is 2. The number of quaternary nitrogens is 1. The first kappa shape index (κ1) is 23.9. The van der Waals surface area contributed by atoms with Crippen LogP contribution in [0.3, 0.4) is 0 Å². The SMILES string of the molecule is Cc1ccc2c(c1)C1C[N+](C)(CC(=O)Nc3ccccc3Cl)CCC1N2C(=O)c1ccccc1Cl. The largest absolute Gasteiger partial charge is 0.320 e. The first-order valence-electron chi connectivity index (χ1n) is 11.8. The average Bonchev–Trinajstić information content (AvgIpc) is 3.12. The van der Waals surface area contributed by atoms with E-state index in [1.54, 1.807) is 24.3 Å². The van der Waals surface area contributed by atoms with E-state index in [1.807, 2.05) is 41.3 Å². The molecule has 2 aliphatic heterocycles. The summed E-state index contributed by atoms with van der Waals surface area (Å²) in [5, 5.41) is 3.94. The van der Waals surface area contributed by atoms with E-state index in [0.717, 1.165) is 30.8 Å². The quantitative estimate of drug-likeness (QED) is 0.445. The number of hydrogen-bond acceptors (Lipinski definition) is 2. The van der Waals surface area contributed by atoms with Gasteiger partial charge in [0.05, 0.1) is 53.4 Å². The molecule has 2 aliphatic rings. The maximum absolute atomic E-state index is 13.7. The lowest BCUT2D eigenvalue weighted by Crippen LogP contribution is -2.58. The lowest BCUT2D eigenvalue weighted by Gasteiger charge is -2.44. The molecule has 0 saturated carbocycles. The van der Waals surface area contributed by atoms with Crippen LogP contribution in [0.1, 0.15) is 33.8 Å². The number of halogens is 2. The number of likely N-dealkylation sites (N-methyl/N-ethyl adjacent to an activating group) is 1. The van der Waals surface area contributed by atoms with Crippen molar-refractivity contribution in [2.24, 2.45) is 0 Å². The number of fused-ring (bicyclic) bond motifs is 3. The van der Waals surface area contributed by atoms with Crippen LogP contribution in [-0.2, 0) is 4.79 Å². The number of nitrogens with one attached hydrogen (secondary N) is 1. The molecule has 3 aromatic rings. The molecule has 5 rings (SSSR count). The first-order valence-corrected chi connectivity index (χ1v) is 12.6. The van der Waals surface area contributed by atoms with Crippen LogP contribution < -0.4 is 10.2 Å². The van der Waals surface area contributed by atoms with Gasteiger partial charge in [-0.3, -0.25) is 9.59 Å². The molecule has 2 amide bonds. The van der Waals surface area contributed by atoms with Crippen LogP contribution in [0.4, 0.5) is 11.4 Å². The van der Waals surface area contributed by atoms with Crippen molar-refractivity contribution in [3.63, 3.8) is 0 Å². The maximum Gasteiger partial charge on any atom is 0.279 e. The highest BCUT2D eigenvalue weighted by Gasteiger charge is 2.49. The molecule has 3 atom stereocenters. The van der Waals surface area contributed by atoms with Crippen LogP contribution in [0.5, 0.6) is 0 Å². The molecule has 35 heavy (non-hydrogen) atoms. The van der Waals surface area contributed by atoms with Crippen molar-refractivity contribution in [1.82, 2.24) is 0 Å². The minimum atomic E-state index is -0.0687. The van der Waals surface area contributed by atoms with E-state index in [9.17, 15) is 9.59 Å². The molecule has 0 radical (unpaired) electrons. The molecule has 180 valence electrons. The Hall–Kier alpha value is -2.86. The molecule has 3 aromatic carbocycles. The summed E-state index contributed by atoms with van der Waals surface area (Å²) in [6, 6.07) is 20.8. The number of piperidine rings is 1. The van der Waals surface area contributed by atoms with Crippen LogP contribution >= 0.6 is 23.2 Å². The van der Waals surface area contributed by atoms with Gasteiger partial charge in [0, 0.05) is 12.1 Å². The number of aryl methyl sites for hydroxylation is 1. The Balaban J connectivity index is 1.41. The average molecular weight is 509 g/mol. The molecule has 0 bridgehead atoms. The van der Waals surface area contributed by atoms with Crippen molar-refractivity contribution in [3.05, 3.63) is 93.5 Å². The second-order valence-electron chi connectivity index (χ2n) is 9.89. The third kappa shape index (κ3) is 4.56. The molecule has 0 aliphatic carbocycles. The molecule has 1 N–H and O–H groups in total. The second kappa shape index (κ2) is 9.30. The number of rotatable bonds is 4. The van der Waals surface area contributed by atoms with Gasteiger partial charge in [0.1, 0.15) is 0 Å². The zero-order valence-corrected chi connectivity index (χ0v) is 21.3. The van der Waals surface area contributed by atoms with Gasteiger partial charge in [0.2, 0.25) is 0 Å². The summed E-state index contributed by atoms with van der Waals surface area (Å²) >= 11 is 12.6. The molecule has 0 spiro atoms. The zero-order chi connectivity index (χ0) is 24.7. The topological polar surface area (TPSA) is 49.4 Å². The van der Waals surface area contributed by atoms with Gasteiger partial charge in [0.25, 0.3) is 11.8 Å². The lowest BCUT2D eigenvalue weighted by atomic mass is 9.87. The van der Waals surface area contributed by atoms with Gasteiger partial charge in [-0.2, -0.15) is 0 Å². The fourth-order valence-electron chi connectivity index (χ4n) is 5.58. The number of likely N-dealkylation sites (tertiary alicyclic amines) is 1. The van der Waals surface area contributed by atoms with Gasteiger partial charge < -0.3 is 14.7 Å². The number of para-hydroxylation sites is 1. The van der Waals surface area contributed by atoms with Crippen LogP contribution in [0.25, 0.3) is 0 Å². The Morgan fingerprint density at radius 1 is 1.03 bits per heavy atom. The second-order valence-corrected chi connectivity index (χ2v) is 10.7. The Morgan fingerprint density at radius 2 is 1.74 bits per heavy atom. The number of carbonyl (C=O) groups is 2. The van der Waals surface area contributed by atoms with E-state index in [1.165, 1.54) is 5.56 Å². The Bertz CT molecular complexity index is 1310. The predicted molar refractivity (Wildman–Crippen MR) is 141 cm³/mol. The third-order valence-electron chi connectivity index (χ3n) is 7.24. The zero-order valence-electron chi connectivity index (χ0n) is 19.8. The third-order valence-corrected chi connectivity index (χ3v) is 7.90. The molecule has 5 nitrogen and oxygen atoms in total. The van der Waals surface area contributed by atoms with Gasteiger partial charge >= 0.3 is 0 Å². The standard InChI is InChI=1S/C28H27Cl2N3O2/c1-18-11-12-25-20(15-18)21-16-33(2,17-27(34)31-24-10-6-5-9-23(24)30)14-13-26(21)32(25)28(35)19-7-3-4-8-22(19)29/h3-12,15,21,26H,13-14,16-17H2,1-2H3/p+1. The number of amides is 2. The van der Waals surface area contributed by atoms with Gasteiger partial charge in [-0.1, -0.05) is 65.2 Å². The van der Waals surface area contributed by atoms with Crippen LogP contribution in [0.15, 0.2) is 66.7 Å². The van der Waals surface area contributed by atoms with Crippen molar-refractivity contribution in [2.75, 3.05) is 36.9 Å². The number of hydrogen-bond donors (Lipinski definition) is 1. The Morgan fingerprint density at radius 3 is 2.49 bits per heavy atom. The van der Waals surface area contributed by atoms with Crippen molar-refractivity contribution < 1.29 is 14.1 Å². The summed E-state index contributed by atoms with van der Waals surface area (Å²) in [6.45, 7) is 3.97. The Labute approximate surface area is 215 Å². The summed E-state index contributed by atoms with van der Waals surface area (Å²) < 4.78 is 0.596. The summed E-state index contributed by atoms with van der Waals surface area (Å²) in [6.07, 6.45) is 0.796. The molecule has 7 heteroatoms. The predicted octanol–water partition coefficient (Wildman–Crippen LogP) is 5.90. The normalized spacial score (nSPS) is 22.9. The highest BCUT2D eigenvalue weighted by atomic mass is 35.5. The van der Waals surface area contributed by atoms with Crippen LogP contribution in [0, 0.1) is 6.92 Å². The molecular weight excluding hydrogens is 481 g/mol. The van der Waals surface area contributed by atoms with Crippen molar-refractivity contribution in [2.45, 2.75) is 25.3 Å². The highest BCUT2D eigenvalue weighted by molar-refractivity contribution is 6.34. The minimum Gasteiger partial charge on any atom is -0.320 e. The molecule has 0 aromatic heterocycles. The van der Waals surface area contributed by atoms with Gasteiger partial charge in [-0.15, -0.1) is 0 Å². The smallest absolute Gasteiger partial charge is 0.279 e. The Kier molecular flexibility index (Phi) is 6.34. The molecular formula is C28H28Cl2N3O2+. The van der Waals surface area contributed by atoms with E-state index in [2.05, 4.69) is 25.4 Å². The number of carbonyl (C=O) groups excluding carboxylic acids is 2. The van der Waals surface area contributed by atoms with E-state index in [4.69, 9.17) is 23.2 Å². The molecule has 1 saturated heterocycles. The number of nitrogens with zero attached hydrogens (tertiary/aromatic N) is 2. The molecule has 1 fully saturated rings. The fraction of sp³-hybridized carbons (Fsp3) is 0.286. The lowest BCUT2D eigenvalue weighted by molar-refractivity contribution is -0.907. The van der Waals surface area contributed by atoms with E-state index < -0.39 is 0 Å². The summed E-state index contributed by atoms with van der Waals surface area (Å²) in [7, 11) is 2.12. The number of benzene rings is 3. The summed E-state index contributed by atoms with van der Waals surface area (Å²) in [5.41, 5.74) is 4.42. The summed E-state index contributed by atoms with van der Waals surface area (Å²) in [5.74, 6) is 0.00878. The molecule has 3 unspecified atom stereocenters. The van der Waals surface area contributed by atoms with Crippen molar-refractivity contribution in [3.8, 4) is 0 Å². The van der Waals surface area contributed by atoms with Crippen molar-refractivity contribution >= 4 is 46.4 Å². The van der Waals surface area contributed by atoms with Crippen LogP contribution in [-0.4, -0.2) is 49.0 Å². The minimum absolute atomic E-state index is 0.0356. The maximum atomic E-state index is 13.7. The van der Waals surface area contributed by atoms with Gasteiger partial charge in [-0.05, 0) is 42.8 Å².